The van der Waals surface area contributed by atoms with Gasteiger partial charge in [0.1, 0.15) is 11.6 Å². The normalized spacial score (nSPS) is 12.1. The number of hydrogen-bond acceptors (Lipinski definition) is 2. The Morgan fingerprint density at radius 2 is 0.556 bits per heavy atom. The first-order valence-corrected chi connectivity index (χ1v) is 21.5. The second-order valence-electron chi connectivity index (χ2n) is 16.6. The van der Waals surface area contributed by atoms with Gasteiger partial charge < -0.3 is 4.57 Å². The van der Waals surface area contributed by atoms with Crippen molar-refractivity contribution in [2.45, 2.75) is 0 Å². The molecule has 0 amide bonds. The third-order valence-electron chi connectivity index (χ3n) is 13.2. The molecule has 0 aliphatic carbocycles. The van der Waals surface area contributed by atoms with Crippen molar-refractivity contribution in [2.24, 2.45) is 0 Å². The van der Waals surface area contributed by atoms with Crippen LogP contribution in [-0.2, 0) is 0 Å². The maximum Gasteiger partial charge on any atom is 0.163 e. The Morgan fingerprint density at radius 3 is 0.968 bits per heavy atom. The smallest absolute Gasteiger partial charge is 0.163 e. The molecule has 0 spiro atoms. The van der Waals surface area contributed by atoms with E-state index in [9.17, 15) is 0 Å². The van der Waals surface area contributed by atoms with Crippen LogP contribution in [0.1, 0.15) is 0 Å². The van der Waals surface area contributed by atoms with Crippen LogP contribution in [0.4, 0.5) is 0 Å². The number of hydrogen-bond donors (Lipinski definition) is 0. The van der Waals surface area contributed by atoms with E-state index in [1.54, 1.807) is 0 Å². The van der Waals surface area contributed by atoms with Crippen molar-refractivity contribution in [1.29, 1.82) is 0 Å². The molecule has 5 heteroatoms. The number of fused-ring (bicyclic) bond motifs is 15. The van der Waals surface area contributed by atoms with E-state index in [-0.39, 0.29) is 0 Å². The van der Waals surface area contributed by atoms with Gasteiger partial charge in [0, 0.05) is 49.6 Å². The second-order valence-corrected chi connectivity index (χ2v) is 16.6. The van der Waals surface area contributed by atoms with Crippen molar-refractivity contribution in [1.82, 2.24) is 23.7 Å². The van der Waals surface area contributed by atoms with Crippen molar-refractivity contribution in [2.75, 3.05) is 0 Å². The molecule has 0 aliphatic heterocycles. The summed E-state index contributed by atoms with van der Waals surface area (Å²) in [6.07, 6.45) is 0. The number of para-hydroxylation sites is 6. The number of benzene rings is 10. The van der Waals surface area contributed by atoms with E-state index in [2.05, 4.69) is 226 Å². The zero-order valence-corrected chi connectivity index (χ0v) is 33.9. The van der Waals surface area contributed by atoms with Crippen molar-refractivity contribution in [3.8, 4) is 28.7 Å². The lowest BCUT2D eigenvalue weighted by Gasteiger charge is -2.16. The van der Waals surface area contributed by atoms with Gasteiger partial charge in [-0.05, 0) is 86.9 Å². The van der Waals surface area contributed by atoms with Crippen LogP contribution >= 0.6 is 0 Å². The van der Waals surface area contributed by atoms with Gasteiger partial charge in [0.15, 0.2) is 5.82 Å². The fraction of sp³-hybridized carbons (Fsp3) is 0. The Balaban J connectivity index is 1.03. The lowest BCUT2D eigenvalue weighted by atomic mass is 9.93. The van der Waals surface area contributed by atoms with Crippen LogP contribution in [0.25, 0.3) is 126 Å². The highest BCUT2D eigenvalue weighted by Gasteiger charge is 2.20. The molecule has 0 saturated heterocycles. The number of rotatable bonds is 4. The van der Waals surface area contributed by atoms with E-state index >= 15 is 0 Å². The summed E-state index contributed by atoms with van der Waals surface area (Å²) in [5, 5.41) is 14.5. The first-order chi connectivity index (χ1) is 31.3. The van der Waals surface area contributed by atoms with Crippen LogP contribution < -0.4 is 0 Å². The summed E-state index contributed by atoms with van der Waals surface area (Å²) in [4.78, 5) is 11.0. The average Bonchev–Trinajstić information content (AvgIpc) is 4.00. The Morgan fingerprint density at radius 1 is 0.238 bits per heavy atom. The van der Waals surface area contributed by atoms with Crippen molar-refractivity contribution in [3.63, 3.8) is 0 Å². The highest BCUT2D eigenvalue weighted by molar-refractivity contribution is 6.26. The molecule has 0 fully saturated rings. The molecule has 292 valence electrons. The zero-order chi connectivity index (χ0) is 41.2. The van der Waals surface area contributed by atoms with Gasteiger partial charge >= 0.3 is 0 Å². The highest BCUT2D eigenvalue weighted by atomic mass is 15.1. The lowest BCUT2D eigenvalue weighted by Crippen LogP contribution is -2.06. The molecule has 0 saturated carbocycles. The Hall–Kier alpha value is -8.54. The summed E-state index contributed by atoms with van der Waals surface area (Å²) in [6, 6.07) is 76.6. The van der Waals surface area contributed by atoms with E-state index in [4.69, 9.17) is 9.97 Å². The fourth-order valence-electron chi connectivity index (χ4n) is 10.5. The van der Waals surface area contributed by atoms with Crippen molar-refractivity contribution < 1.29 is 0 Å². The standard InChI is InChI=1S/C58H35N5/c1-2-16-39-38(15-1)48-33-36(29-31-40(48)41-32-30-37(34-49(39)41)61-50-23-9-3-17-42(50)43-18-4-10-24-51(43)61)58-59-56(62-52-25-11-5-19-44(52)45-20-6-12-26-53(45)62)35-57(60-58)63-54-27-13-7-21-46(54)47-22-8-14-28-55(47)63/h1-35H. The van der Waals surface area contributed by atoms with E-state index in [0.29, 0.717) is 5.82 Å². The topological polar surface area (TPSA) is 40.6 Å². The van der Waals surface area contributed by atoms with Gasteiger partial charge in [0.2, 0.25) is 0 Å². The Kier molecular flexibility index (Phi) is 7.05. The van der Waals surface area contributed by atoms with Crippen LogP contribution in [0.15, 0.2) is 212 Å². The third kappa shape index (κ3) is 4.87. The van der Waals surface area contributed by atoms with Gasteiger partial charge in [0.05, 0.1) is 33.1 Å². The van der Waals surface area contributed by atoms with Crippen LogP contribution in [0, 0.1) is 0 Å². The molecular weight excluding hydrogens is 767 g/mol. The lowest BCUT2D eigenvalue weighted by molar-refractivity contribution is 0.994. The largest absolute Gasteiger partial charge is 0.309 e. The van der Waals surface area contributed by atoms with Gasteiger partial charge in [-0.1, -0.05) is 152 Å². The SMILES string of the molecule is c1ccc2c(c1)c1cc(-c3nc(-n4c5ccccc5c5ccccc54)cc(-n4c5ccccc5c5ccccc54)n3)ccc1c1ccc(-n3c4ccccc4c4ccccc43)cc21. The van der Waals surface area contributed by atoms with E-state index < -0.39 is 0 Å². The summed E-state index contributed by atoms with van der Waals surface area (Å²) in [5.74, 6) is 2.30. The van der Waals surface area contributed by atoms with Crippen LogP contribution in [-0.4, -0.2) is 23.7 Å². The minimum Gasteiger partial charge on any atom is -0.309 e. The summed E-state index contributed by atoms with van der Waals surface area (Å²) >= 11 is 0. The average molecular weight is 802 g/mol. The Bertz CT molecular complexity index is 3910. The minimum absolute atomic E-state index is 0.666. The van der Waals surface area contributed by atoms with Gasteiger partial charge in [-0.2, -0.15) is 0 Å². The molecule has 14 aromatic rings. The molecular formula is C58H35N5. The maximum absolute atomic E-state index is 5.49. The first-order valence-electron chi connectivity index (χ1n) is 21.5. The van der Waals surface area contributed by atoms with E-state index in [1.807, 2.05) is 0 Å². The molecule has 0 aliphatic rings. The molecule has 0 N–H and O–H groups in total. The molecule has 4 aromatic heterocycles. The van der Waals surface area contributed by atoms with E-state index in [1.165, 1.54) is 75.7 Å². The monoisotopic (exact) mass is 801 g/mol. The molecule has 0 bridgehead atoms. The zero-order valence-electron chi connectivity index (χ0n) is 33.9. The van der Waals surface area contributed by atoms with Gasteiger partial charge in [0.25, 0.3) is 0 Å². The van der Waals surface area contributed by atoms with Crippen molar-refractivity contribution >= 4 is 97.7 Å². The molecule has 0 unspecified atom stereocenters. The number of aromatic nitrogens is 5. The van der Waals surface area contributed by atoms with Gasteiger partial charge in [-0.25, -0.2) is 9.97 Å². The molecule has 4 heterocycles. The van der Waals surface area contributed by atoms with Crippen LogP contribution in [0.3, 0.4) is 0 Å². The first kappa shape index (κ1) is 34.2. The predicted octanol–water partition coefficient (Wildman–Crippen LogP) is 14.9. The number of nitrogens with zero attached hydrogens (tertiary/aromatic N) is 5. The summed E-state index contributed by atoms with van der Waals surface area (Å²) in [5.41, 5.74) is 8.93. The quantitative estimate of drug-likeness (QED) is 0.166. The maximum atomic E-state index is 5.49. The molecule has 5 nitrogen and oxygen atoms in total. The Labute approximate surface area is 360 Å². The second kappa shape index (κ2) is 13.0. The summed E-state index contributed by atoms with van der Waals surface area (Å²) < 4.78 is 7.00. The molecule has 0 atom stereocenters. The fourth-order valence-corrected chi connectivity index (χ4v) is 10.5. The predicted molar refractivity (Wildman–Crippen MR) is 263 cm³/mol. The molecule has 0 radical (unpaired) electrons. The third-order valence-corrected chi connectivity index (χ3v) is 13.2. The molecule has 63 heavy (non-hydrogen) atoms. The summed E-state index contributed by atoms with van der Waals surface area (Å²) in [6.45, 7) is 0. The molecule has 14 rings (SSSR count). The van der Waals surface area contributed by atoms with Crippen LogP contribution in [0.5, 0.6) is 0 Å². The molecule has 10 aromatic carbocycles. The van der Waals surface area contributed by atoms with Gasteiger partial charge in [-0.15, -0.1) is 0 Å². The highest BCUT2D eigenvalue weighted by Crippen LogP contribution is 2.41. The van der Waals surface area contributed by atoms with Crippen molar-refractivity contribution in [3.05, 3.63) is 212 Å². The van der Waals surface area contributed by atoms with E-state index in [0.717, 1.165) is 45.0 Å². The minimum atomic E-state index is 0.666. The van der Waals surface area contributed by atoms with Crippen LogP contribution in [0.2, 0.25) is 0 Å². The van der Waals surface area contributed by atoms with Gasteiger partial charge in [-0.3, -0.25) is 9.13 Å². The summed E-state index contributed by atoms with van der Waals surface area (Å²) in [7, 11) is 0.